The summed E-state index contributed by atoms with van der Waals surface area (Å²) in [5.41, 5.74) is 2.06. The van der Waals surface area contributed by atoms with Crippen molar-refractivity contribution >= 4 is 28.9 Å². The van der Waals surface area contributed by atoms with Gasteiger partial charge in [0.15, 0.2) is 0 Å². The Bertz CT molecular complexity index is 1020. The highest BCUT2D eigenvalue weighted by Crippen LogP contribution is 2.44. The van der Waals surface area contributed by atoms with Crippen LogP contribution in [0.3, 0.4) is 0 Å². The van der Waals surface area contributed by atoms with E-state index in [1.807, 2.05) is 49.9 Å². The summed E-state index contributed by atoms with van der Waals surface area (Å²) in [7, 11) is 1.36. The molecule has 2 atom stereocenters. The van der Waals surface area contributed by atoms with Crippen LogP contribution in [0.15, 0.2) is 24.3 Å². The van der Waals surface area contributed by atoms with E-state index in [0.717, 1.165) is 22.2 Å². The van der Waals surface area contributed by atoms with Gasteiger partial charge < -0.3 is 14.4 Å². The molecule has 7 heteroatoms. The van der Waals surface area contributed by atoms with Crippen molar-refractivity contribution in [3.63, 3.8) is 0 Å². The predicted octanol–water partition coefficient (Wildman–Crippen LogP) is 3.82. The van der Waals surface area contributed by atoms with E-state index < -0.39 is 11.7 Å². The Labute approximate surface area is 175 Å². The van der Waals surface area contributed by atoms with Crippen LogP contribution in [-0.4, -0.2) is 46.7 Å². The first-order valence-electron chi connectivity index (χ1n) is 10.4. The Morgan fingerprint density at radius 3 is 2.63 bits per heavy atom. The first-order chi connectivity index (χ1) is 14.2. The number of nitrogens with zero attached hydrogens (tertiary/aromatic N) is 2. The zero-order chi connectivity index (χ0) is 21.6. The highest BCUT2D eigenvalue weighted by molar-refractivity contribution is 5.95. The number of hydrogen-bond acceptors (Lipinski definition) is 5. The summed E-state index contributed by atoms with van der Waals surface area (Å²) in [6.45, 7) is 6.13. The Hall–Kier alpha value is -2.83. The number of piperidine rings is 1. The van der Waals surface area contributed by atoms with E-state index >= 15 is 0 Å². The number of carbonyl (C=O) groups is 3. The number of aromatic nitrogens is 1. The molecule has 3 heterocycles. The molecule has 0 radical (unpaired) electrons. The van der Waals surface area contributed by atoms with E-state index in [0.29, 0.717) is 25.8 Å². The van der Waals surface area contributed by atoms with E-state index in [-0.39, 0.29) is 30.3 Å². The van der Waals surface area contributed by atoms with Crippen LogP contribution in [0, 0.1) is 5.92 Å². The van der Waals surface area contributed by atoms with Crippen molar-refractivity contribution in [3.8, 4) is 0 Å². The standard InChI is InChI=1S/C23H28N2O5/c1-23(2,3)30-22(28)25-17-8-6-5-7-15(17)16-9-10-24-18(21(16)25)11-14(12-19(24)26)13-20(27)29-4/h5-8,14,18H,9-13H2,1-4H3/t14-,18-/m1/s1. The summed E-state index contributed by atoms with van der Waals surface area (Å²) >= 11 is 0. The average Bonchev–Trinajstić information content (AvgIpc) is 3.01. The Morgan fingerprint density at radius 2 is 1.93 bits per heavy atom. The number of fused-ring (bicyclic) bond motifs is 5. The van der Waals surface area contributed by atoms with E-state index in [2.05, 4.69) is 0 Å². The van der Waals surface area contributed by atoms with E-state index in [9.17, 15) is 14.4 Å². The van der Waals surface area contributed by atoms with Gasteiger partial charge >= 0.3 is 12.1 Å². The van der Waals surface area contributed by atoms with Gasteiger partial charge in [0.05, 0.1) is 24.4 Å². The minimum Gasteiger partial charge on any atom is -0.469 e. The van der Waals surface area contributed by atoms with Crippen molar-refractivity contribution in [3.05, 3.63) is 35.5 Å². The lowest BCUT2D eigenvalue weighted by molar-refractivity contribution is -0.145. The zero-order valence-electron chi connectivity index (χ0n) is 17.9. The molecule has 7 nitrogen and oxygen atoms in total. The molecule has 1 fully saturated rings. The number of hydrogen-bond donors (Lipinski definition) is 0. The molecule has 0 unspecified atom stereocenters. The lowest BCUT2D eigenvalue weighted by atomic mass is 9.83. The van der Waals surface area contributed by atoms with Crippen LogP contribution in [0.25, 0.3) is 10.9 Å². The molecule has 1 amide bonds. The Balaban J connectivity index is 1.82. The number of ether oxygens (including phenoxy) is 2. The van der Waals surface area contributed by atoms with Crippen molar-refractivity contribution < 1.29 is 23.9 Å². The van der Waals surface area contributed by atoms with Crippen LogP contribution >= 0.6 is 0 Å². The molecular weight excluding hydrogens is 384 g/mol. The minimum atomic E-state index is -0.639. The average molecular weight is 412 g/mol. The van der Waals surface area contributed by atoms with Crippen molar-refractivity contribution in [2.45, 2.75) is 58.1 Å². The molecule has 160 valence electrons. The normalized spacial score (nSPS) is 21.2. The lowest BCUT2D eigenvalue weighted by Gasteiger charge is -2.42. The fourth-order valence-electron chi connectivity index (χ4n) is 4.75. The van der Waals surface area contributed by atoms with E-state index in [1.54, 1.807) is 4.57 Å². The molecule has 30 heavy (non-hydrogen) atoms. The van der Waals surface area contributed by atoms with Gasteiger partial charge in [0.2, 0.25) is 5.91 Å². The second-order valence-electron chi connectivity index (χ2n) is 9.14. The maximum Gasteiger partial charge on any atom is 0.419 e. The van der Waals surface area contributed by atoms with E-state index in [1.165, 1.54) is 7.11 Å². The second kappa shape index (κ2) is 7.45. The summed E-state index contributed by atoms with van der Waals surface area (Å²) in [5.74, 6) is -0.404. The molecule has 4 rings (SSSR count). The SMILES string of the molecule is COC(=O)C[C@H]1CC(=O)N2CCc3c(n(C(=O)OC(C)(C)C)c4ccccc34)[C@H]2C1. The summed E-state index contributed by atoms with van der Waals surface area (Å²) < 4.78 is 12.2. The highest BCUT2D eigenvalue weighted by atomic mass is 16.6. The Morgan fingerprint density at radius 1 is 1.20 bits per heavy atom. The minimum absolute atomic E-state index is 0.0202. The van der Waals surface area contributed by atoms with Crippen LogP contribution < -0.4 is 0 Å². The number of esters is 1. The Kier molecular flexibility index (Phi) is 5.08. The molecule has 1 saturated heterocycles. The van der Waals surface area contributed by atoms with Gasteiger partial charge in [-0.1, -0.05) is 18.2 Å². The number of amides is 1. The molecular formula is C23H28N2O5. The van der Waals surface area contributed by atoms with Gasteiger partial charge in [0, 0.05) is 24.8 Å². The van der Waals surface area contributed by atoms with Crippen molar-refractivity contribution in [2.75, 3.05) is 13.7 Å². The van der Waals surface area contributed by atoms with Crippen LogP contribution in [0.5, 0.6) is 0 Å². The van der Waals surface area contributed by atoms with Crippen LogP contribution in [0.4, 0.5) is 4.79 Å². The van der Waals surface area contributed by atoms with Gasteiger partial charge in [-0.05, 0) is 51.2 Å². The molecule has 1 aromatic carbocycles. The third kappa shape index (κ3) is 3.57. The third-order valence-electron chi connectivity index (χ3n) is 5.91. The lowest BCUT2D eigenvalue weighted by Crippen LogP contribution is -2.46. The van der Waals surface area contributed by atoms with Gasteiger partial charge in [-0.25, -0.2) is 9.36 Å². The molecule has 1 aromatic heterocycles. The molecule has 2 aliphatic heterocycles. The second-order valence-corrected chi connectivity index (χ2v) is 9.14. The van der Waals surface area contributed by atoms with Crippen molar-refractivity contribution in [1.29, 1.82) is 0 Å². The van der Waals surface area contributed by atoms with Crippen LogP contribution in [-0.2, 0) is 25.5 Å². The molecule has 0 bridgehead atoms. The predicted molar refractivity (Wildman–Crippen MR) is 111 cm³/mol. The largest absolute Gasteiger partial charge is 0.469 e. The third-order valence-corrected chi connectivity index (χ3v) is 5.91. The van der Waals surface area contributed by atoms with Gasteiger partial charge in [-0.2, -0.15) is 0 Å². The maximum absolute atomic E-state index is 13.2. The molecule has 2 aromatic rings. The number of methoxy groups -OCH3 is 1. The number of para-hydroxylation sites is 1. The summed E-state index contributed by atoms with van der Waals surface area (Å²) in [6, 6.07) is 7.53. The topological polar surface area (TPSA) is 77.8 Å². The summed E-state index contributed by atoms with van der Waals surface area (Å²) in [6.07, 6.45) is 1.40. The molecule has 0 aliphatic carbocycles. The van der Waals surface area contributed by atoms with Gasteiger partial charge in [-0.15, -0.1) is 0 Å². The van der Waals surface area contributed by atoms with Crippen LogP contribution in [0.1, 0.15) is 57.3 Å². The smallest absolute Gasteiger partial charge is 0.419 e. The number of rotatable bonds is 2. The van der Waals surface area contributed by atoms with E-state index in [4.69, 9.17) is 9.47 Å². The maximum atomic E-state index is 13.2. The molecule has 0 saturated carbocycles. The van der Waals surface area contributed by atoms with Crippen molar-refractivity contribution in [1.82, 2.24) is 9.47 Å². The fourth-order valence-corrected chi connectivity index (χ4v) is 4.75. The molecule has 0 spiro atoms. The summed E-state index contributed by atoms with van der Waals surface area (Å²) in [5, 5.41) is 1.01. The van der Waals surface area contributed by atoms with Crippen molar-refractivity contribution in [2.24, 2.45) is 5.92 Å². The molecule has 0 N–H and O–H groups in total. The van der Waals surface area contributed by atoms with Gasteiger partial charge in [0.1, 0.15) is 5.60 Å². The quantitative estimate of drug-likeness (QED) is 0.701. The zero-order valence-corrected chi connectivity index (χ0v) is 17.9. The monoisotopic (exact) mass is 412 g/mol. The first-order valence-corrected chi connectivity index (χ1v) is 10.4. The molecule has 2 aliphatic rings. The van der Waals surface area contributed by atoms with Crippen LogP contribution in [0.2, 0.25) is 0 Å². The fraction of sp³-hybridized carbons (Fsp3) is 0.522. The first kappa shape index (κ1) is 20.4. The number of benzene rings is 1. The van der Waals surface area contributed by atoms with Gasteiger partial charge in [-0.3, -0.25) is 9.59 Å². The van der Waals surface area contributed by atoms with Gasteiger partial charge in [0.25, 0.3) is 0 Å². The number of carbonyl (C=O) groups excluding carboxylic acids is 3. The highest BCUT2D eigenvalue weighted by Gasteiger charge is 2.42. The summed E-state index contributed by atoms with van der Waals surface area (Å²) in [4.78, 5) is 39.8.